The lowest BCUT2D eigenvalue weighted by molar-refractivity contribution is -0.147. The smallest absolute Gasteiger partial charge is 0.328 e. The van der Waals surface area contributed by atoms with Gasteiger partial charge < -0.3 is 9.64 Å². The first-order chi connectivity index (χ1) is 11.8. The highest BCUT2D eigenvalue weighted by atomic mass is 19.1. The van der Waals surface area contributed by atoms with Crippen molar-refractivity contribution >= 4 is 11.9 Å². The lowest BCUT2D eigenvalue weighted by atomic mass is 10.2. The third-order valence-corrected chi connectivity index (χ3v) is 3.62. The molecule has 2 aromatic rings. The van der Waals surface area contributed by atoms with Gasteiger partial charge in [-0.1, -0.05) is 0 Å². The fourth-order valence-electron chi connectivity index (χ4n) is 2.07. The number of halogens is 1. The molecule has 1 aromatic carbocycles. The second-order valence-electron chi connectivity index (χ2n) is 5.29. The molecular formula is C17H18FN3O4. The Balaban J connectivity index is 2.32. The minimum atomic E-state index is -0.805. The first-order valence-electron chi connectivity index (χ1n) is 7.65. The molecule has 7 nitrogen and oxygen atoms in total. The van der Waals surface area contributed by atoms with Crippen molar-refractivity contribution in [2.75, 3.05) is 13.7 Å². The van der Waals surface area contributed by atoms with Crippen LogP contribution in [0.3, 0.4) is 0 Å². The predicted octanol–water partition coefficient (Wildman–Crippen LogP) is 1.40. The maximum atomic E-state index is 13.0. The molecule has 0 unspecified atom stereocenters. The van der Waals surface area contributed by atoms with Gasteiger partial charge in [-0.15, -0.1) is 0 Å². The summed E-state index contributed by atoms with van der Waals surface area (Å²) in [5.74, 6) is -1.53. The molecule has 0 N–H and O–H groups in total. The summed E-state index contributed by atoms with van der Waals surface area (Å²) in [5, 5.41) is 4.02. The van der Waals surface area contributed by atoms with Crippen molar-refractivity contribution < 1.29 is 18.7 Å². The van der Waals surface area contributed by atoms with E-state index in [0.29, 0.717) is 5.69 Å². The van der Waals surface area contributed by atoms with E-state index in [4.69, 9.17) is 4.74 Å². The van der Waals surface area contributed by atoms with Crippen LogP contribution in [-0.4, -0.2) is 46.3 Å². The van der Waals surface area contributed by atoms with E-state index in [1.807, 2.05) is 0 Å². The summed E-state index contributed by atoms with van der Waals surface area (Å²) in [6.45, 7) is 3.41. The van der Waals surface area contributed by atoms with Crippen molar-refractivity contribution in [2.24, 2.45) is 0 Å². The third kappa shape index (κ3) is 4.09. The molecule has 0 saturated heterocycles. The number of esters is 1. The Labute approximate surface area is 143 Å². The van der Waals surface area contributed by atoms with Crippen LogP contribution >= 0.6 is 0 Å². The normalized spacial score (nSPS) is 11.7. The van der Waals surface area contributed by atoms with Gasteiger partial charge in [-0.25, -0.2) is 9.18 Å². The number of ether oxygens (including phenoxy) is 1. The van der Waals surface area contributed by atoms with Crippen molar-refractivity contribution in [3.05, 3.63) is 58.3 Å². The lowest BCUT2D eigenvalue weighted by Crippen LogP contribution is -2.42. The predicted molar refractivity (Wildman–Crippen MR) is 88.0 cm³/mol. The summed E-state index contributed by atoms with van der Waals surface area (Å²) in [5.41, 5.74) is -0.172. The lowest BCUT2D eigenvalue weighted by Gasteiger charge is -2.23. The van der Waals surface area contributed by atoms with E-state index >= 15 is 0 Å². The molecule has 0 spiro atoms. The number of amides is 1. The molecule has 2 rings (SSSR count). The summed E-state index contributed by atoms with van der Waals surface area (Å²) in [4.78, 5) is 37.5. The fourth-order valence-corrected chi connectivity index (χ4v) is 2.07. The van der Waals surface area contributed by atoms with Crippen LogP contribution in [0.4, 0.5) is 4.39 Å². The number of likely N-dealkylation sites (N-methyl/N-ethyl adjacent to an activating group) is 1. The molecule has 0 aliphatic rings. The molecule has 8 heteroatoms. The number of nitrogens with zero attached hydrogens (tertiary/aromatic N) is 3. The average Bonchev–Trinajstić information content (AvgIpc) is 2.61. The monoisotopic (exact) mass is 347 g/mol. The Morgan fingerprint density at radius 1 is 1.24 bits per heavy atom. The van der Waals surface area contributed by atoms with Crippen molar-refractivity contribution in [1.82, 2.24) is 14.7 Å². The van der Waals surface area contributed by atoms with Crippen LogP contribution in [0.15, 0.2) is 41.2 Å². The highest BCUT2D eigenvalue weighted by Crippen LogP contribution is 2.08. The number of benzene rings is 1. The zero-order valence-corrected chi connectivity index (χ0v) is 14.1. The summed E-state index contributed by atoms with van der Waals surface area (Å²) in [7, 11) is 1.44. The summed E-state index contributed by atoms with van der Waals surface area (Å²) < 4.78 is 18.9. The first kappa shape index (κ1) is 18.3. The fraction of sp³-hybridized carbons (Fsp3) is 0.294. The van der Waals surface area contributed by atoms with Crippen LogP contribution in [0.1, 0.15) is 24.3 Å². The molecule has 0 aliphatic heterocycles. The topological polar surface area (TPSA) is 81.5 Å². The number of hydrogen-bond acceptors (Lipinski definition) is 5. The van der Waals surface area contributed by atoms with E-state index < -0.39 is 29.3 Å². The van der Waals surface area contributed by atoms with Crippen LogP contribution < -0.4 is 5.56 Å². The minimum absolute atomic E-state index is 0.0254. The van der Waals surface area contributed by atoms with E-state index in [2.05, 4.69) is 5.10 Å². The largest absolute Gasteiger partial charge is 0.464 e. The zero-order valence-electron chi connectivity index (χ0n) is 14.1. The SMILES string of the molecule is CCOC(=O)[C@@H](C)N(C)C(=O)c1ccc(=O)n(-c2ccc(F)cc2)n1. The van der Waals surface area contributed by atoms with Gasteiger partial charge in [0.1, 0.15) is 17.6 Å². The summed E-state index contributed by atoms with van der Waals surface area (Å²) in [6.07, 6.45) is 0. The van der Waals surface area contributed by atoms with Gasteiger partial charge in [0.25, 0.3) is 11.5 Å². The Kier molecular flexibility index (Phi) is 5.63. The van der Waals surface area contributed by atoms with Gasteiger partial charge in [0.2, 0.25) is 0 Å². The van der Waals surface area contributed by atoms with E-state index in [1.165, 1.54) is 55.3 Å². The standard InChI is InChI=1S/C17H18FN3O4/c1-4-25-17(24)11(2)20(3)16(23)14-9-10-15(22)21(19-14)13-7-5-12(18)6-8-13/h5-11H,4H2,1-3H3/t11-/m1/s1. The van der Waals surface area contributed by atoms with Crippen LogP contribution in [0.25, 0.3) is 5.69 Å². The number of rotatable bonds is 5. The second kappa shape index (κ2) is 7.69. The van der Waals surface area contributed by atoms with Crippen LogP contribution in [0, 0.1) is 5.82 Å². The molecule has 0 bridgehead atoms. The van der Waals surface area contributed by atoms with Gasteiger partial charge in [-0.05, 0) is 44.2 Å². The molecule has 0 fully saturated rings. The van der Waals surface area contributed by atoms with Crippen LogP contribution in [0.5, 0.6) is 0 Å². The number of carbonyl (C=O) groups excluding carboxylic acids is 2. The molecule has 132 valence electrons. The molecule has 1 atom stereocenters. The van der Waals surface area contributed by atoms with Crippen LogP contribution in [-0.2, 0) is 9.53 Å². The van der Waals surface area contributed by atoms with Gasteiger partial charge >= 0.3 is 5.97 Å². The van der Waals surface area contributed by atoms with Crippen molar-refractivity contribution in [3.8, 4) is 5.69 Å². The Morgan fingerprint density at radius 3 is 2.48 bits per heavy atom. The minimum Gasteiger partial charge on any atom is -0.464 e. The Bertz CT molecular complexity index is 833. The second-order valence-corrected chi connectivity index (χ2v) is 5.29. The van der Waals surface area contributed by atoms with Gasteiger partial charge in [-0.3, -0.25) is 9.59 Å². The van der Waals surface area contributed by atoms with E-state index in [-0.39, 0.29) is 12.3 Å². The van der Waals surface area contributed by atoms with E-state index in [1.54, 1.807) is 6.92 Å². The number of hydrogen-bond donors (Lipinski definition) is 0. The van der Waals surface area contributed by atoms with Crippen molar-refractivity contribution in [3.63, 3.8) is 0 Å². The molecule has 25 heavy (non-hydrogen) atoms. The highest BCUT2D eigenvalue weighted by Gasteiger charge is 2.25. The Hall–Kier alpha value is -3.03. The molecule has 1 amide bonds. The first-order valence-corrected chi connectivity index (χ1v) is 7.65. The third-order valence-electron chi connectivity index (χ3n) is 3.62. The summed E-state index contributed by atoms with van der Waals surface area (Å²) >= 11 is 0. The molecule has 1 aromatic heterocycles. The van der Waals surface area contributed by atoms with E-state index in [9.17, 15) is 18.8 Å². The van der Waals surface area contributed by atoms with Gasteiger partial charge in [-0.2, -0.15) is 9.78 Å². The maximum Gasteiger partial charge on any atom is 0.328 e. The molecule has 0 aliphatic carbocycles. The summed E-state index contributed by atoms with van der Waals surface area (Å²) in [6, 6.07) is 6.79. The number of aromatic nitrogens is 2. The number of carbonyl (C=O) groups is 2. The molecule has 0 saturated carbocycles. The van der Waals surface area contributed by atoms with Crippen molar-refractivity contribution in [1.29, 1.82) is 0 Å². The van der Waals surface area contributed by atoms with Gasteiger partial charge in [0, 0.05) is 13.1 Å². The molecule has 1 heterocycles. The van der Waals surface area contributed by atoms with E-state index in [0.717, 1.165) is 4.68 Å². The molecule has 0 radical (unpaired) electrons. The average molecular weight is 347 g/mol. The molecular weight excluding hydrogens is 329 g/mol. The Morgan fingerprint density at radius 2 is 1.88 bits per heavy atom. The highest BCUT2D eigenvalue weighted by molar-refractivity contribution is 5.94. The maximum absolute atomic E-state index is 13.0. The zero-order chi connectivity index (χ0) is 18.6. The van der Waals surface area contributed by atoms with Gasteiger partial charge in [0.15, 0.2) is 0 Å². The quantitative estimate of drug-likeness (QED) is 0.764. The van der Waals surface area contributed by atoms with Gasteiger partial charge in [0.05, 0.1) is 12.3 Å². The van der Waals surface area contributed by atoms with Crippen molar-refractivity contribution in [2.45, 2.75) is 19.9 Å². The van der Waals surface area contributed by atoms with Crippen LogP contribution in [0.2, 0.25) is 0 Å².